The SMILES string of the molecule is CCC(COC)NCc1cc(C)c(Br)s1. The van der Waals surface area contributed by atoms with Crippen LogP contribution in [0, 0.1) is 6.92 Å². The normalized spacial score (nSPS) is 13.1. The highest BCUT2D eigenvalue weighted by atomic mass is 79.9. The molecular formula is C11H18BrNOS. The Bertz CT molecular complexity index is 281. The standard InChI is InChI=1S/C11H18BrNOS/c1-4-9(7-14-3)13-6-10-5-8(2)11(12)15-10/h5,9,13H,4,6-7H2,1-3H3. The van der Waals surface area contributed by atoms with Gasteiger partial charge in [0.05, 0.1) is 10.4 Å². The summed E-state index contributed by atoms with van der Waals surface area (Å²) in [5.41, 5.74) is 1.32. The lowest BCUT2D eigenvalue weighted by Crippen LogP contribution is -2.31. The van der Waals surface area contributed by atoms with Crippen LogP contribution in [-0.4, -0.2) is 19.8 Å². The lowest BCUT2D eigenvalue weighted by molar-refractivity contribution is 0.164. The molecule has 86 valence electrons. The molecule has 0 radical (unpaired) electrons. The molecule has 1 rings (SSSR count). The van der Waals surface area contributed by atoms with Gasteiger partial charge in [0.25, 0.3) is 0 Å². The monoisotopic (exact) mass is 291 g/mol. The van der Waals surface area contributed by atoms with Crippen molar-refractivity contribution in [3.05, 3.63) is 20.3 Å². The Morgan fingerprint density at radius 2 is 2.33 bits per heavy atom. The molecule has 1 aromatic heterocycles. The molecule has 2 nitrogen and oxygen atoms in total. The Hall–Kier alpha value is 0.1000. The lowest BCUT2D eigenvalue weighted by atomic mass is 10.2. The number of rotatable bonds is 6. The fourth-order valence-corrected chi connectivity index (χ4v) is 2.96. The quantitative estimate of drug-likeness (QED) is 0.868. The molecule has 1 atom stereocenters. The van der Waals surface area contributed by atoms with Gasteiger partial charge in [-0.1, -0.05) is 6.92 Å². The molecule has 0 bridgehead atoms. The van der Waals surface area contributed by atoms with Gasteiger partial charge in [-0.05, 0) is 40.9 Å². The molecule has 4 heteroatoms. The topological polar surface area (TPSA) is 21.3 Å². The predicted octanol–water partition coefficient (Wildman–Crippen LogP) is 3.33. The first-order valence-corrected chi connectivity index (χ1v) is 6.75. The molecule has 1 heterocycles. The van der Waals surface area contributed by atoms with E-state index in [-0.39, 0.29) is 0 Å². The van der Waals surface area contributed by atoms with Gasteiger partial charge in [-0.2, -0.15) is 0 Å². The van der Waals surface area contributed by atoms with Crippen LogP contribution >= 0.6 is 27.3 Å². The van der Waals surface area contributed by atoms with Crippen molar-refractivity contribution in [2.24, 2.45) is 0 Å². The van der Waals surface area contributed by atoms with Gasteiger partial charge in [0.15, 0.2) is 0 Å². The summed E-state index contributed by atoms with van der Waals surface area (Å²) in [4.78, 5) is 1.37. The molecule has 1 aromatic rings. The van der Waals surface area contributed by atoms with E-state index in [0.717, 1.165) is 19.6 Å². The molecule has 0 spiro atoms. The van der Waals surface area contributed by atoms with E-state index < -0.39 is 0 Å². The third-order valence-electron chi connectivity index (χ3n) is 2.33. The maximum Gasteiger partial charge on any atom is 0.0730 e. The van der Waals surface area contributed by atoms with Crippen molar-refractivity contribution < 1.29 is 4.74 Å². The molecular weight excluding hydrogens is 274 g/mol. The predicted molar refractivity (Wildman–Crippen MR) is 69.6 cm³/mol. The van der Waals surface area contributed by atoms with Crippen LogP contribution in [0.4, 0.5) is 0 Å². The van der Waals surface area contributed by atoms with Crippen LogP contribution in [0.1, 0.15) is 23.8 Å². The van der Waals surface area contributed by atoms with E-state index in [1.807, 2.05) is 0 Å². The second kappa shape index (κ2) is 6.63. The van der Waals surface area contributed by atoms with E-state index in [0.29, 0.717) is 6.04 Å². The highest BCUT2D eigenvalue weighted by Gasteiger charge is 2.07. The minimum Gasteiger partial charge on any atom is -0.383 e. The summed E-state index contributed by atoms with van der Waals surface area (Å²) in [6.45, 7) is 6.00. The lowest BCUT2D eigenvalue weighted by Gasteiger charge is -2.14. The van der Waals surface area contributed by atoms with Crippen LogP contribution in [0.5, 0.6) is 0 Å². The van der Waals surface area contributed by atoms with E-state index in [1.165, 1.54) is 14.2 Å². The molecule has 15 heavy (non-hydrogen) atoms. The third kappa shape index (κ3) is 4.23. The first-order chi connectivity index (χ1) is 7.17. The van der Waals surface area contributed by atoms with Gasteiger partial charge < -0.3 is 10.1 Å². The largest absolute Gasteiger partial charge is 0.383 e. The number of thiophene rings is 1. The van der Waals surface area contributed by atoms with Gasteiger partial charge in [0.1, 0.15) is 0 Å². The van der Waals surface area contributed by atoms with Crippen molar-refractivity contribution in [2.75, 3.05) is 13.7 Å². The van der Waals surface area contributed by atoms with E-state index in [2.05, 4.69) is 41.2 Å². The summed E-state index contributed by atoms with van der Waals surface area (Å²) in [7, 11) is 1.75. The Morgan fingerprint density at radius 1 is 1.60 bits per heavy atom. The minimum absolute atomic E-state index is 0.455. The Labute approximate surface area is 104 Å². The van der Waals surface area contributed by atoms with Crippen LogP contribution in [0.25, 0.3) is 0 Å². The van der Waals surface area contributed by atoms with Crippen LogP contribution in [0.15, 0.2) is 9.85 Å². The fraction of sp³-hybridized carbons (Fsp3) is 0.636. The Balaban J connectivity index is 2.41. The molecule has 0 fully saturated rings. The number of aryl methyl sites for hydroxylation is 1. The molecule has 0 aliphatic heterocycles. The molecule has 0 saturated carbocycles. The molecule has 1 N–H and O–H groups in total. The molecule has 0 amide bonds. The van der Waals surface area contributed by atoms with E-state index in [9.17, 15) is 0 Å². The minimum atomic E-state index is 0.455. The van der Waals surface area contributed by atoms with Crippen molar-refractivity contribution >= 4 is 27.3 Å². The van der Waals surface area contributed by atoms with Crippen molar-refractivity contribution in [2.45, 2.75) is 32.9 Å². The first-order valence-electron chi connectivity index (χ1n) is 5.14. The average Bonchev–Trinajstić information content (AvgIpc) is 2.53. The maximum atomic E-state index is 5.14. The summed E-state index contributed by atoms with van der Waals surface area (Å²) in [5.74, 6) is 0. The number of nitrogens with one attached hydrogen (secondary N) is 1. The zero-order chi connectivity index (χ0) is 11.3. The number of hydrogen-bond acceptors (Lipinski definition) is 3. The molecule has 0 aliphatic rings. The smallest absolute Gasteiger partial charge is 0.0730 e. The zero-order valence-electron chi connectivity index (χ0n) is 9.47. The summed E-state index contributed by atoms with van der Waals surface area (Å²) < 4.78 is 6.38. The average molecular weight is 292 g/mol. The van der Waals surface area contributed by atoms with E-state index in [1.54, 1.807) is 18.4 Å². The summed E-state index contributed by atoms with van der Waals surface area (Å²) in [6, 6.07) is 2.68. The molecule has 1 unspecified atom stereocenters. The van der Waals surface area contributed by atoms with Gasteiger partial charge in [-0.15, -0.1) is 11.3 Å². The summed E-state index contributed by atoms with van der Waals surface area (Å²) in [6.07, 6.45) is 1.10. The summed E-state index contributed by atoms with van der Waals surface area (Å²) >= 11 is 5.34. The zero-order valence-corrected chi connectivity index (χ0v) is 11.9. The van der Waals surface area contributed by atoms with Crippen molar-refractivity contribution in [1.82, 2.24) is 5.32 Å². The number of methoxy groups -OCH3 is 1. The van der Waals surface area contributed by atoms with E-state index >= 15 is 0 Å². The van der Waals surface area contributed by atoms with Gasteiger partial charge in [0, 0.05) is 24.6 Å². The van der Waals surface area contributed by atoms with Gasteiger partial charge in [0.2, 0.25) is 0 Å². The maximum absolute atomic E-state index is 5.14. The second-order valence-corrected chi connectivity index (χ2v) is 6.07. The van der Waals surface area contributed by atoms with Crippen LogP contribution in [0.2, 0.25) is 0 Å². The van der Waals surface area contributed by atoms with Gasteiger partial charge in [-0.25, -0.2) is 0 Å². The second-order valence-electron chi connectivity index (χ2n) is 3.61. The Morgan fingerprint density at radius 3 is 2.80 bits per heavy atom. The molecule has 0 saturated heterocycles. The van der Waals surface area contributed by atoms with Crippen LogP contribution in [-0.2, 0) is 11.3 Å². The van der Waals surface area contributed by atoms with Crippen LogP contribution in [0.3, 0.4) is 0 Å². The molecule has 0 aliphatic carbocycles. The number of ether oxygens (including phenoxy) is 1. The number of halogens is 1. The van der Waals surface area contributed by atoms with Crippen LogP contribution < -0.4 is 5.32 Å². The fourth-order valence-electron chi connectivity index (χ4n) is 1.38. The Kier molecular flexibility index (Phi) is 5.82. The van der Waals surface area contributed by atoms with Gasteiger partial charge >= 0.3 is 0 Å². The summed E-state index contributed by atoms with van der Waals surface area (Å²) in [5, 5.41) is 3.49. The number of hydrogen-bond donors (Lipinski definition) is 1. The molecule has 0 aromatic carbocycles. The highest BCUT2D eigenvalue weighted by molar-refractivity contribution is 9.11. The van der Waals surface area contributed by atoms with Gasteiger partial charge in [-0.3, -0.25) is 0 Å². The first kappa shape index (κ1) is 13.2. The van der Waals surface area contributed by atoms with Crippen molar-refractivity contribution in [3.8, 4) is 0 Å². The highest BCUT2D eigenvalue weighted by Crippen LogP contribution is 2.27. The third-order valence-corrected chi connectivity index (χ3v) is 4.47. The van der Waals surface area contributed by atoms with E-state index in [4.69, 9.17) is 4.74 Å². The van der Waals surface area contributed by atoms with Crippen molar-refractivity contribution in [3.63, 3.8) is 0 Å². The van der Waals surface area contributed by atoms with Crippen molar-refractivity contribution in [1.29, 1.82) is 0 Å².